The number of pyridine rings is 2. The van der Waals surface area contributed by atoms with Crippen molar-refractivity contribution in [2.75, 3.05) is 13.7 Å². The third-order valence-corrected chi connectivity index (χ3v) is 5.75. The third kappa shape index (κ3) is 4.90. The number of ether oxygens (including phenoxy) is 2. The van der Waals surface area contributed by atoms with Crippen LogP contribution in [0.2, 0.25) is 0 Å². The van der Waals surface area contributed by atoms with Gasteiger partial charge in [0, 0.05) is 24.9 Å². The molecule has 0 unspecified atom stereocenters. The summed E-state index contributed by atoms with van der Waals surface area (Å²) in [6.07, 6.45) is 2.28. The van der Waals surface area contributed by atoms with Crippen molar-refractivity contribution in [1.29, 1.82) is 5.26 Å². The number of aryl methyl sites for hydroxylation is 2. The molecule has 3 heterocycles. The molecule has 9 nitrogen and oxygen atoms in total. The van der Waals surface area contributed by atoms with Crippen LogP contribution in [0.15, 0.2) is 58.4 Å². The molecule has 0 saturated heterocycles. The SMILES string of the molecule is COc1ccc(C(=O)N=c2c(C#N)cc3c(=O)n4cccc(C)c4nc3n2CCCOC(C)C)cc1. The predicted molar refractivity (Wildman–Crippen MR) is 135 cm³/mol. The molecule has 1 aromatic carbocycles. The van der Waals surface area contributed by atoms with E-state index < -0.39 is 5.91 Å². The van der Waals surface area contributed by atoms with Gasteiger partial charge in [-0.05, 0) is 69.2 Å². The second-order valence-corrected chi connectivity index (χ2v) is 8.60. The van der Waals surface area contributed by atoms with Crippen molar-refractivity contribution in [3.05, 3.63) is 81.2 Å². The highest BCUT2D eigenvalue weighted by molar-refractivity contribution is 5.95. The Morgan fingerprint density at radius 2 is 1.94 bits per heavy atom. The van der Waals surface area contributed by atoms with Gasteiger partial charge in [0.05, 0.1) is 24.2 Å². The Morgan fingerprint density at radius 1 is 1.19 bits per heavy atom. The van der Waals surface area contributed by atoms with Crippen LogP contribution in [0.3, 0.4) is 0 Å². The van der Waals surface area contributed by atoms with Gasteiger partial charge >= 0.3 is 0 Å². The lowest BCUT2D eigenvalue weighted by Gasteiger charge is -2.15. The van der Waals surface area contributed by atoms with E-state index in [-0.39, 0.29) is 28.1 Å². The zero-order chi connectivity index (χ0) is 25.8. The quantitative estimate of drug-likeness (QED) is 0.293. The van der Waals surface area contributed by atoms with Crippen LogP contribution >= 0.6 is 0 Å². The number of nitrogens with zero attached hydrogens (tertiary/aromatic N) is 5. The topological polar surface area (TPSA) is 111 Å². The lowest BCUT2D eigenvalue weighted by atomic mass is 10.2. The fourth-order valence-corrected chi connectivity index (χ4v) is 3.94. The molecule has 3 aromatic heterocycles. The molecule has 0 aliphatic carbocycles. The summed E-state index contributed by atoms with van der Waals surface area (Å²) in [5.41, 5.74) is 2.00. The van der Waals surface area contributed by atoms with Gasteiger partial charge in [0.1, 0.15) is 23.1 Å². The largest absolute Gasteiger partial charge is 0.497 e. The number of amides is 1. The van der Waals surface area contributed by atoms with Gasteiger partial charge in [-0.15, -0.1) is 0 Å². The summed E-state index contributed by atoms with van der Waals surface area (Å²) in [5, 5.41) is 10.2. The fourth-order valence-electron chi connectivity index (χ4n) is 3.94. The van der Waals surface area contributed by atoms with E-state index in [4.69, 9.17) is 14.5 Å². The van der Waals surface area contributed by atoms with E-state index in [0.29, 0.717) is 42.2 Å². The van der Waals surface area contributed by atoms with E-state index in [0.717, 1.165) is 5.56 Å². The molecule has 0 aliphatic rings. The summed E-state index contributed by atoms with van der Waals surface area (Å²) in [6, 6.07) is 13.8. The number of carbonyl (C=O) groups excluding carboxylic acids is 1. The second-order valence-electron chi connectivity index (χ2n) is 8.60. The molecule has 36 heavy (non-hydrogen) atoms. The minimum Gasteiger partial charge on any atom is -0.497 e. The molecule has 0 bridgehead atoms. The first-order valence-corrected chi connectivity index (χ1v) is 11.6. The lowest BCUT2D eigenvalue weighted by molar-refractivity contribution is 0.0748. The van der Waals surface area contributed by atoms with E-state index >= 15 is 0 Å². The first-order valence-electron chi connectivity index (χ1n) is 11.6. The van der Waals surface area contributed by atoms with Gasteiger partial charge in [0.2, 0.25) is 0 Å². The number of methoxy groups -OCH3 is 1. The monoisotopic (exact) mass is 485 g/mol. The number of nitriles is 1. The van der Waals surface area contributed by atoms with Crippen LogP contribution in [-0.2, 0) is 11.3 Å². The minimum absolute atomic E-state index is 0.0624. The Balaban J connectivity index is 1.97. The molecular weight excluding hydrogens is 458 g/mol. The second kappa shape index (κ2) is 10.5. The van der Waals surface area contributed by atoms with Crippen LogP contribution < -0.4 is 15.8 Å². The van der Waals surface area contributed by atoms with Crippen molar-refractivity contribution in [3.8, 4) is 11.8 Å². The summed E-state index contributed by atoms with van der Waals surface area (Å²) in [4.78, 5) is 35.5. The van der Waals surface area contributed by atoms with E-state index in [9.17, 15) is 14.9 Å². The molecule has 0 aliphatic heterocycles. The van der Waals surface area contributed by atoms with Gasteiger partial charge < -0.3 is 14.0 Å². The summed E-state index contributed by atoms with van der Waals surface area (Å²) in [7, 11) is 1.54. The Bertz CT molecular complexity index is 1610. The number of benzene rings is 1. The highest BCUT2D eigenvalue weighted by Crippen LogP contribution is 2.15. The Morgan fingerprint density at radius 3 is 2.61 bits per heavy atom. The molecule has 0 radical (unpaired) electrons. The van der Waals surface area contributed by atoms with Crippen LogP contribution in [0.25, 0.3) is 16.7 Å². The van der Waals surface area contributed by atoms with Crippen molar-refractivity contribution in [2.24, 2.45) is 4.99 Å². The third-order valence-electron chi connectivity index (χ3n) is 5.75. The standard InChI is InChI=1S/C27H27N5O4/c1-17(2)36-14-6-13-31-24(30-26(33)19-8-10-21(35-4)11-9-19)20(16-28)15-22-25(31)29-23-18(3)7-5-12-32(23)27(22)34/h5,7-12,15,17H,6,13-14H2,1-4H3. The van der Waals surface area contributed by atoms with Crippen molar-refractivity contribution in [3.63, 3.8) is 0 Å². The molecule has 0 spiro atoms. The van der Waals surface area contributed by atoms with Gasteiger partial charge in [0.25, 0.3) is 11.5 Å². The van der Waals surface area contributed by atoms with Gasteiger partial charge in [-0.1, -0.05) is 6.07 Å². The first kappa shape index (κ1) is 24.8. The molecule has 4 rings (SSSR count). The molecule has 184 valence electrons. The van der Waals surface area contributed by atoms with Gasteiger partial charge in [-0.2, -0.15) is 10.3 Å². The van der Waals surface area contributed by atoms with Crippen molar-refractivity contribution in [2.45, 2.75) is 39.8 Å². The molecule has 4 aromatic rings. The fraction of sp³-hybridized carbons (Fsp3) is 0.296. The summed E-state index contributed by atoms with van der Waals surface area (Å²) < 4.78 is 14.0. The Hall–Kier alpha value is -4.29. The van der Waals surface area contributed by atoms with E-state index in [2.05, 4.69) is 11.1 Å². The molecule has 0 atom stereocenters. The number of hydrogen-bond acceptors (Lipinski definition) is 6. The summed E-state index contributed by atoms with van der Waals surface area (Å²) in [6.45, 7) is 6.58. The maximum Gasteiger partial charge on any atom is 0.278 e. The lowest BCUT2D eigenvalue weighted by Crippen LogP contribution is -2.30. The van der Waals surface area contributed by atoms with Crippen molar-refractivity contribution in [1.82, 2.24) is 14.0 Å². The molecule has 0 N–H and O–H groups in total. The summed E-state index contributed by atoms with van der Waals surface area (Å²) in [5.74, 6) is 0.0940. The normalized spacial score (nSPS) is 11.8. The van der Waals surface area contributed by atoms with Crippen LogP contribution in [0.5, 0.6) is 5.75 Å². The first-order chi connectivity index (χ1) is 17.3. The average molecular weight is 486 g/mol. The minimum atomic E-state index is -0.519. The zero-order valence-electron chi connectivity index (χ0n) is 20.7. The van der Waals surface area contributed by atoms with Crippen molar-refractivity contribution >= 4 is 22.6 Å². The maximum absolute atomic E-state index is 13.4. The Labute approximate surface area is 207 Å². The van der Waals surface area contributed by atoms with Crippen LogP contribution in [0.4, 0.5) is 0 Å². The van der Waals surface area contributed by atoms with Gasteiger partial charge in [-0.25, -0.2) is 4.98 Å². The molecule has 0 saturated carbocycles. The maximum atomic E-state index is 13.4. The number of rotatable bonds is 7. The molecule has 0 fully saturated rings. The molecular formula is C27H27N5O4. The van der Waals surface area contributed by atoms with E-state index in [1.807, 2.05) is 26.8 Å². The predicted octanol–water partition coefficient (Wildman–Crippen LogP) is 3.39. The molecule has 1 amide bonds. The number of carbonyl (C=O) groups is 1. The van der Waals surface area contributed by atoms with E-state index in [1.165, 1.54) is 10.5 Å². The number of fused-ring (bicyclic) bond motifs is 2. The van der Waals surface area contributed by atoms with Gasteiger partial charge in [-0.3, -0.25) is 14.0 Å². The van der Waals surface area contributed by atoms with E-state index in [1.54, 1.807) is 48.2 Å². The average Bonchev–Trinajstić information content (AvgIpc) is 2.88. The smallest absolute Gasteiger partial charge is 0.278 e. The number of hydrogen-bond donors (Lipinski definition) is 0. The highest BCUT2D eigenvalue weighted by Gasteiger charge is 2.16. The summed E-state index contributed by atoms with van der Waals surface area (Å²) >= 11 is 0. The number of aromatic nitrogens is 3. The zero-order valence-corrected chi connectivity index (χ0v) is 20.7. The Kier molecular flexibility index (Phi) is 7.27. The van der Waals surface area contributed by atoms with Crippen LogP contribution in [0, 0.1) is 18.3 Å². The van der Waals surface area contributed by atoms with Crippen LogP contribution in [-0.4, -0.2) is 39.7 Å². The van der Waals surface area contributed by atoms with Gasteiger partial charge in [0.15, 0.2) is 5.49 Å². The van der Waals surface area contributed by atoms with Crippen molar-refractivity contribution < 1.29 is 14.3 Å². The molecule has 9 heteroatoms. The van der Waals surface area contributed by atoms with Crippen LogP contribution in [0.1, 0.15) is 41.8 Å². The highest BCUT2D eigenvalue weighted by atomic mass is 16.5.